The average molecular weight is 273 g/mol. The van der Waals surface area contributed by atoms with Crippen molar-refractivity contribution in [2.24, 2.45) is 0 Å². The van der Waals surface area contributed by atoms with E-state index in [0.717, 1.165) is 0 Å². The third-order valence-corrected chi connectivity index (χ3v) is 2.17. The van der Waals surface area contributed by atoms with Crippen molar-refractivity contribution in [3.8, 4) is 11.6 Å². The van der Waals surface area contributed by atoms with Gasteiger partial charge in [0.15, 0.2) is 11.4 Å². The Kier molecular flexibility index (Phi) is 3.28. The number of nitrogens with zero attached hydrogens (tertiary/aromatic N) is 4. The number of anilines is 1. The Morgan fingerprint density at radius 3 is 2.68 bits per heavy atom. The van der Waals surface area contributed by atoms with Crippen molar-refractivity contribution in [1.82, 2.24) is 19.7 Å². The molecule has 0 saturated heterocycles. The Balaban J connectivity index is 2.27. The zero-order chi connectivity index (χ0) is 14.0. The molecule has 0 aliphatic rings. The minimum atomic E-state index is -4.61. The number of alkyl halides is 3. The maximum absolute atomic E-state index is 12.5. The van der Waals surface area contributed by atoms with Gasteiger partial charge in [0.05, 0.1) is 12.4 Å². The Hall–Kier alpha value is -2.32. The molecular weight excluding hydrogens is 263 g/mol. The number of aromatic nitrogens is 4. The van der Waals surface area contributed by atoms with Gasteiger partial charge in [0.2, 0.25) is 11.8 Å². The number of halogens is 3. The predicted octanol–water partition coefficient (Wildman–Crippen LogP) is 2.09. The molecule has 0 aromatic carbocycles. The van der Waals surface area contributed by atoms with E-state index in [1.165, 1.54) is 12.4 Å². The van der Waals surface area contributed by atoms with E-state index in [2.05, 4.69) is 15.1 Å². The first-order valence-corrected chi connectivity index (χ1v) is 5.30. The van der Waals surface area contributed by atoms with Gasteiger partial charge in [-0.1, -0.05) is 0 Å². The molecule has 0 spiro atoms. The van der Waals surface area contributed by atoms with Gasteiger partial charge in [-0.05, 0) is 6.92 Å². The largest absolute Gasteiger partial charge is 0.436 e. The van der Waals surface area contributed by atoms with Crippen molar-refractivity contribution in [3.05, 3.63) is 24.2 Å². The van der Waals surface area contributed by atoms with Crippen LogP contribution in [0.2, 0.25) is 0 Å². The molecule has 0 radical (unpaired) electrons. The van der Waals surface area contributed by atoms with Crippen LogP contribution in [-0.2, 0) is 12.7 Å². The lowest BCUT2D eigenvalue weighted by molar-refractivity contribution is -0.141. The quantitative estimate of drug-likeness (QED) is 0.926. The maximum Gasteiger partial charge on any atom is 0.433 e. The molecule has 0 aliphatic heterocycles. The van der Waals surface area contributed by atoms with Crippen LogP contribution in [0.15, 0.2) is 18.5 Å². The zero-order valence-electron chi connectivity index (χ0n) is 9.85. The SMILES string of the molecule is CCn1cc(Oc2cc(C(F)(F)F)nc(N)n2)cn1. The molecule has 102 valence electrons. The molecule has 9 heteroatoms. The van der Waals surface area contributed by atoms with Crippen LogP contribution in [0.5, 0.6) is 11.6 Å². The van der Waals surface area contributed by atoms with Gasteiger partial charge < -0.3 is 10.5 Å². The minimum absolute atomic E-state index is 0.271. The molecule has 19 heavy (non-hydrogen) atoms. The molecule has 0 atom stereocenters. The third-order valence-electron chi connectivity index (χ3n) is 2.17. The smallest absolute Gasteiger partial charge is 0.433 e. The summed E-state index contributed by atoms with van der Waals surface area (Å²) < 4.78 is 44.3. The highest BCUT2D eigenvalue weighted by Crippen LogP contribution is 2.30. The summed E-state index contributed by atoms with van der Waals surface area (Å²) in [5.41, 5.74) is 4.06. The van der Waals surface area contributed by atoms with Crippen molar-refractivity contribution in [1.29, 1.82) is 0 Å². The molecular formula is C10H10F3N5O. The van der Waals surface area contributed by atoms with E-state index in [1.54, 1.807) is 4.68 Å². The molecule has 2 N–H and O–H groups in total. The van der Waals surface area contributed by atoms with Crippen LogP contribution in [0.1, 0.15) is 12.6 Å². The van der Waals surface area contributed by atoms with Crippen LogP contribution < -0.4 is 10.5 Å². The summed E-state index contributed by atoms with van der Waals surface area (Å²) in [5, 5.41) is 3.92. The first-order chi connectivity index (χ1) is 8.88. The van der Waals surface area contributed by atoms with E-state index >= 15 is 0 Å². The number of rotatable bonds is 3. The normalized spacial score (nSPS) is 11.6. The van der Waals surface area contributed by atoms with Crippen molar-refractivity contribution < 1.29 is 17.9 Å². The highest BCUT2D eigenvalue weighted by atomic mass is 19.4. The number of hydrogen-bond donors (Lipinski definition) is 1. The molecule has 2 aromatic heterocycles. The second-order valence-corrected chi connectivity index (χ2v) is 3.58. The molecule has 0 fully saturated rings. The van der Waals surface area contributed by atoms with Crippen LogP contribution in [0.4, 0.5) is 19.1 Å². The molecule has 0 bridgehead atoms. The monoisotopic (exact) mass is 273 g/mol. The molecule has 2 heterocycles. The van der Waals surface area contributed by atoms with Gasteiger partial charge in [-0.2, -0.15) is 23.3 Å². The van der Waals surface area contributed by atoms with Gasteiger partial charge in [-0.15, -0.1) is 0 Å². The lowest BCUT2D eigenvalue weighted by Crippen LogP contribution is -2.11. The molecule has 2 rings (SSSR count). The van der Waals surface area contributed by atoms with Gasteiger partial charge in [-0.25, -0.2) is 4.98 Å². The summed E-state index contributed by atoms with van der Waals surface area (Å²) in [4.78, 5) is 6.69. The van der Waals surface area contributed by atoms with E-state index in [0.29, 0.717) is 12.6 Å². The first-order valence-electron chi connectivity index (χ1n) is 5.30. The Labute approximate surface area is 106 Å². The van der Waals surface area contributed by atoms with E-state index < -0.39 is 17.8 Å². The summed E-state index contributed by atoms with van der Waals surface area (Å²) in [5.74, 6) is -0.517. The molecule has 0 aliphatic carbocycles. The summed E-state index contributed by atoms with van der Waals surface area (Å²) in [6.45, 7) is 2.48. The number of hydrogen-bond acceptors (Lipinski definition) is 5. The van der Waals surface area contributed by atoms with Gasteiger partial charge in [-0.3, -0.25) is 4.68 Å². The highest BCUT2D eigenvalue weighted by Gasteiger charge is 2.33. The summed E-state index contributed by atoms with van der Waals surface area (Å²) >= 11 is 0. The maximum atomic E-state index is 12.5. The third kappa shape index (κ3) is 3.12. The second-order valence-electron chi connectivity index (χ2n) is 3.58. The van der Waals surface area contributed by atoms with Crippen molar-refractivity contribution in [2.75, 3.05) is 5.73 Å². The number of nitrogen functional groups attached to an aromatic ring is 1. The lowest BCUT2D eigenvalue weighted by atomic mass is 10.4. The van der Waals surface area contributed by atoms with Crippen molar-refractivity contribution in [3.63, 3.8) is 0 Å². The van der Waals surface area contributed by atoms with Crippen LogP contribution >= 0.6 is 0 Å². The fourth-order valence-electron chi connectivity index (χ4n) is 1.33. The Morgan fingerprint density at radius 2 is 2.11 bits per heavy atom. The predicted molar refractivity (Wildman–Crippen MR) is 59.4 cm³/mol. The van der Waals surface area contributed by atoms with Crippen molar-refractivity contribution in [2.45, 2.75) is 19.6 Å². The Morgan fingerprint density at radius 1 is 1.37 bits per heavy atom. The van der Waals surface area contributed by atoms with E-state index in [1.807, 2.05) is 6.92 Å². The molecule has 2 aromatic rings. The second kappa shape index (κ2) is 4.75. The average Bonchev–Trinajstić information content (AvgIpc) is 2.75. The molecule has 0 amide bonds. The van der Waals surface area contributed by atoms with Gasteiger partial charge in [0, 0.05) is 12.6 Å². The van der Waals surface area contributed by atoms with E-state index in [-0.39, 0.29) is 11.6 Å². The van der Waals surface area contributed by atoms with E-state index in [9.17, 15) is 13.2 Å². The van der Waals surface area contributed by atoms with Crippen LogP contribution in [0.3, 0.4) is 0 Å². The fraction of sp³-hybridized carbons (Fsp3) is 0.300. The Bertz CT molecular complexity index is 581. The van der Waals surface area contributed by atoms with Crippen LogP contribution in [0.25, 0.3) is 0 Å². The number of ether oxygens (including phenoxy) is 1. The minimum Gasteiger partial charge on any atom is -0.436 e. The first kappa shape index (κ1) is 13.1. The standard InChI is InChI=1S/C10H10F3N5O/c1-2-18-5-6(4-15-18)19-8-3-7(10(11,12)13)16-9(14)17-8/h3-5H,2H2,1H3,(H2,14,16,17). The molecule has 0 saturated carbocycles. The summed E-state index contributed by atoms with van der Waals surface area (Å²) in [6, 6.07) is 0.680. The fourth-order valence-corrected chi connectivity index (χ4v) is 1.33. The van der Waals surface area contributed by atoms with E-state index in [4.69, 9.17) is 10.5 Å². The summed E-state index contributed by atoms with van der Waals surface area (Å²) in [7, 11) is 0. The molecule has 6 nitrogen and oxygen atoms in total. The van der Waals surface area contributed by atoms with Gasteiger partial charge in [0.1, 0.15) is 0 Å². The topological polar surface area (TPSA) is 78.9 Å². The molecule has 0 unspecified atom stereocenters. The number of nitrogens with two attached hydrogens (primary N) is 1. The van der Waals surface area contributed by atoms with Gasteiger partial charge >= 0.3 is 6.18 Å². The highest BCUT2D eigenvalue weighted by molar-refractivity contribution is 5.30. The van der Waals surface area contributed by atoms with Crippen LogP contribution in [0, 0.1) is 0 Å². The lowest BCUT2D eigenvalue weighted by Gasteiger charge is -2.08. The van der Waals surface area contributed by atoms with Crippen LogP contribution in [-0.4, -0.2) is 19.7 Å². The van der Waals surface area contributed by atoms with Crippen molar-refractivity contribution >= 4 is 5.95 Å². The zero-order valence-corrected chi connectivity index (χ0v) is 9.85. The number of aryl methyl sites for hydroxylation is 1. The summed E-state index contributed by atoms with van der Waals surface area (Å²) in [6.07, 6.45) is -1.70. The van der Waals surface area contributed by atoms with Gasteiger partial charge in [0.25, 0.3) is 0 Å².